The Morgan fingerprint density at radius 2 is 1.94 bits per heavy atom. The van der Waals surface area contributed by atoms with Gasteiger partial charge in [-0.3, -0.25) is 4.79 Å². The third kappa shape index (κ3) is 7.87. The van der Waals surface area contributed by atoms with Crippen LogP contribution >= 0.6 is 24.4 Å². The van der Waals surface area contributed by atoms with Crippen molar-refractivity contribution in [1.82, 2.24) is 5.32 Å². The smallest absolute Gasteiger partial charge is 0.329 e. The first-order chi connectivity index (χ1) is 7.32. The minimum absolute atomic E-state index is 0.114. The van der Waals surface area contributed by atoms with Crippen LogP contribution in [0, 0.1) is 0 Å². The first-order valence-electron chi connectivity index (χ1n) is 5.10. The molecule has 1 N–H and O–H groups in total. The summed E-state index contributed by atoms with van der Waals surface area (Å²) in [4.78, 5) is 22.6. The summed E-state index contributed by atoms with van der Waals surface area (Å²) in [5, 5.41) is 2.57. The van der Waals surface area contributed by atoms with Gasteiger partial charge in [0.25, 0.3) is 0 Å². The number of carbonyl (C=O) groups excluding carboxylic acids is 2. The van der Waals surface area contributed by atoms with E-state index in [4.69, 9.17) is 4.74 Å². The highest BCUT2D eigenvalue weighted by molar-refractivity contribution is 8.10. The Labute approximate surface area is 106 Å². The summed E-state index contributed by atoms with van der Waals surface area (Å²) in [6.07, 6.45) is -0.179. The van der Waals surface area contributed by atoms with Gasteiger partial charge in [0.2, 0.25) is 5.91 Å². The van der Waals surface area contributed by atoms with Gasteiger partial charge in [-0.2, -0.15) is 12.6 Å². The average Bonchev–Trinajstić information content (AvgIpc) is 2.09. The van der Waals surface area contributed by atoms with Crippen molar-refractivity contribution in [3.8, 4) is 0 Å². The van der Waals surface area contributed by atoms with E-state index in [-0.39, 0.29) is 16.6 Å². The number of esters is 1. The Morgan fingerprint density at radius 3 is 2.31 bits per heavy atom. The van der Waals surface area contributed by atoms with Crippen molar-refractivity contribution in [3.63, 3.8) is 0 Å². The molecule has 0 aliphatic carbocycles. The van der Waals surface area contributed by atoms with Crippen molar-refractivity contribution >= 4 is 36.3 Å². The summed E-state index contributed by atoms with van der Waals surface area (Å²) in [5.74, 6) is -0.166. The van der Waals surface area contributed by atoms with Gasteiger partial charge in [-0.1, -0.05) is 0 Å². The summed E-state index contributed by atoms with van der Waals surface area (Å²) in [6, 6.07) is -0.598. The zero-order chi connectivity index (χ0) is 12.7. The van der Waals surface area contributed by atoms with Crippen LogP contribution in [0.15, 0.2) is 0 Å². The summed E-state index contributed by atoms with van der Waals surface area (Å²) in [6.45, 7) is 6.84. The van der Waals surface area contributed by atoms with Crippen molar-refractivity contribution in [2.24, 2.45) is 0 Å². The molecule has 0 aromatic rings. The second-order valence-electron chi connectivity index (χ2n) is 3.67. The van der Waals surface area contributed by atoms with Crippen molar-refractivity contribution < 1.29 is 14.3 Å². The monoisotopic (exact) mass is 265 g/mol. The number of carbonyl (C=O) groups is 2. The third-order valence-corrected chi connectivity index (χ3v) is 2.97. The molecule has 2 atom stereocenters. The van der Waals surface area contributed by atoms with Gasteiger partial charge in [-0.05, 0) is 20.8 Å². The standard InChI is InChI=1S/C10H19NO3S2/c1-6(2)14-10(13)9(11-7(3)12)5-16-8(4)15/h6,8-9,15H,5H2,1-4H3,(H,11,12)/t8?,9-/m0/s1. The summed E-state index contributed by atoms with van der Waals surface area (Å²) in [5.41, 5.74) is 0. The maximum atomic E-state index is 11.6. The van der Waals surface area contributed by atoms with Crippen LogP contribution in [0.2, 0.25) is 0 Å². The number of hydrogen-bond acceptors (Lipinski definition) is 5. The van der Waals surface area contributed by atoms with Crippen LogP contribution in [-0.4, -0.2) is 34.4 Å². The van der Waals surface area contributed by atoms with Crippen molar-refractivity contribution in [1.29, 1.82) is 0 Å². The fraction of sp³-hybridized carbons (Fsp3) is 0.800. The van der Waals surface area contributed by atoms with Crippen LogP contribution in [0.5, 0.6) is 0 Å². The highest BCUT2D eigenvalue weighted by Crippen LogP contribution is 2.15. The molecule has 0 saturated carbocycles. The Kier molecular flexibility index (Phi) is 7.66. The fourth-order valence-corrected chi connectivity index (χ4v) is 1.91. The molecule has 0 spiro atoms. The van der Waals surface area contributed by atoms with Gasteiger partial charge in [0.15, 0.2) is 0 Å². The predicted octanol–water partition coefficient (Wildman–Crippen LogP) is 1.45. The van der Waals surface area contributed by atoms with Crippen LogP contribution in [0.3, 0.4) is 0 Å². The van der Waals surface area contributed by atoms with E-state index in [0.29, 0.717) is 5.75 Å². The molecule has 94 valence electrons. The zero-order valence-electron chi connectivity index (χ0n) is 10.0. The van der Waals surface area contributed by atoms with Gasteiger partial charge >= 0.3 is 5.97 Å². The van der Waals surface area contributed by atoms with E-state index in [0.717, 1.165) is 0 Å². The Hall–Kier alpha value is -0.360. The number of rotatable bonds is 6. The summed E-state index contributed by atoms with van der Waals surface area (Å²) >= 11 is 5.69. The molecule has 0 radical (unpaired) electrons. The molecule has 16 heavy (non-hydrogen) atoms. The molecule has 0 bridgehead atoms. The number of nitrogens with one attached hydrogen (secondary N) is 1. The third-order valence-electron chi connectivity index (χ3n) is 1.52. The fourth-order valence-electron chi connectivity index (χ4n) is 0.964. The molecule has 0 saturated heterocycles. The molecular weight excluding hydrogens is 246 g/mol. The van der Waals surface area contributed by atoms with Gasteiger partial charge in [0.05, 0.1) is 6.10 Å². The Morgan fingerprint density at radius 1 is 1.38 bits per heavy atom. The number of thiol groups is 1. The minimum atomic E-state index is -0.598. The Balaban J connectivity index is 4.29. The molecule has 6 heteroatoms. The quantitative estimate of drug-likeness (QED) is 0.433. The molecular formula is C10H19NO3S2. The van der Waals surface area contributed by atoms with Crippen LogP contribution in [0.25, 0.3) is 0 Å². The molecule has 0 aromatic heterocycles. The lowest BCUT2D eigenvalue weighted by Gasteiger charge is -2.18. The highest BCUT2D eigenvalue weighted by Gasteiger charge is 2.22. The lowest BCUT2D eigenvalue weighted by molar-refractivity contribution is -0.150. The van der Waals surface area contributed by atoms with Crippen LogP contribution in [-0.2, 0) is 14.3 Å². The number of hydrogen-bond donors (Lipinski definition) is 2. The molecule has 1 unspecified atom stereocenters. The lowest BCUT2D eigenvalue weighted by Crippen LogP contribution is -2.43. The first-order valence-corrected chi connectivity index (χ1v) is 6.66. The largest absolute Gasteiger partial charge is 0.461 e. The van der Waals surface area contributed by atoms with Crippen LogP contribution in [0.1, 0.15) is 27.7 Å². The van der Waals surface area contributed by atoms with Gasteiger partial charge in [0, 0.05) is 17.3 Å². The predicted molar refractivity (Wildman–Crippen MR) is 69.7 cm³/mol. The highest BCUT2D eigenvalue weighted by atomic mass is 32.2. The Bertz CT molecular complexity index is 244. The maximum Gasteiger partial charge on any atom is 0.329 e. The van der Waals surface area contributed by atoms with E-state index < -0.39 is 12.0 Å². The molecule has 0 aromatic carbocycles. The number of ether oxygens (including phenoxy) is 1. The van der Waals surface area contributed by atoms with E-state index in [1.807, 2.05) is 6.92 Å². The second-order valence-corrected chi connectivity index (χ2v) is 6.17. The molecule has 0 aliphatic rings. The second kappa shape index (κ2) is 7.84. The molecule has 1 amide bonds. The minimum Gasteiger partial charge on any atom is -0.461 e. The van der Waals surface area contributed by atoms with Gasteiger partial charge < -0.3 is 10.1 Å². The van der Waals surface area contributed by atoms with Gasteiger partial charge in [-0.15, -0.1) is 11.8 Å². The molecule has 0 rings (SSSR count). The van der Waals surface area contributed by atoms with E-state index in [1.54, 1.807) is 13.8 Å². The zero-order valence-corrected chi connectivity index (χ0v) is 11.7. The SMILES string of the molecule is CC(=O)N[C@@H](CSC(C)S)C(=O)OC(C)C. The maximum absolute atomic E-state index is 11.6. The van der Waals surface area contributed by atoms with E-state index in [2.05, 4.69) is 17.9 Å². The topological polar surface area (TPSA) is 55.4 Å². The van der Waals surface area contributed by atoms with Crippen LogP contribution < -0.4 is 5.32 Å². The molecule has 0 heterocycles. The average molecular weight is 265 g/mol. The molecule has 4 nitrogen and oxygen atoms in total. The van der Waals surface area contributed by atoms with Crippen molar-refractivity contribution in [2.45, 2.75) is 44.4 Å². The number of thioether (sulfide) groups is 1. The lowest BCUT2D eigenvalue weighted by atomic mass is 10.3. The van der Waals surface area contributed by atoms with E-state index in [9.17, 15) is 9.59 Å². The van der Waals surface area contributed by atoms with Gasteiger partial charge in [0.1, 0.15) is 6.04 Å². The van der Waals surface area contributed by atoms with E-state index in [1.165, 1.54) is 18.7 Å². The first kappa shape index (κ1) is 15.6. The van der Waals surface area contributed by atoms with Crippen LogP contribution in [0.4, 0.5) is 0 Å². The summed E-state index contributed by atoms with van der Waals surface area (Å²) < 4.78 is 5.17. The van der Waals surface area contributed by atoms with Gasteiger partial charge in [-0.25, -0.2) is 4.79 Å². The molecule has 0 fully saturated rings. The van der Waals surface area contributed by atoms with Crippen molar-refractivity contribution in [3.05, 3.63) is 0 Å². The van der Waals surface area contributed by atoms with Crippen molar-refractivity contribution in [2.75, 3.05) is 5.75 Å². The molecule has 0 aliphatic heterocycles. The van der Waals surface area contributed by atoms with E-state index >= 15 is 0 Å². The normalized spacial score (nSPS) is 14.4. The number of amides is 1. The summed E-state index contributed by atoms with van der Waals surface area (Å²) in [7, 11) is 0.